The molecule has 0 aliphatic rings. The van der Waals surface area contributed by atoms with Gasteiger partial charge >= 0.3 is 11.9 Å². The zero-order valence-corrected chi connectivity index (χ0v) is 20.9. The highest BCUT2D eigenvalue weighted by atomic mass is 32.2. The van der Waals surface area contributed by atoms with Crippen LogP contribution in [0.2, 0.25) is 0 Å². The van der Waals surface area contributed by atoms with Crippen LogP contribution in [0.15, 0.2) is 47.4 Å². The molecule has 4 N–H and O–H groups in total. The minimum Gasteiger partial charge on any atom is -0.462 e. The van der Waals surface area contributed by atoms with Crippen LogP contribution in [0, 0.1) is 11.6 Å². The lowest BCUT2D eigenvalue weighted by Crippen LogP contribution is -2.32. The van der Waals surface area contributed by atoms with Gasteiger partial charge in [0.05, 0.1) is 17.1 Å². The summed E-state index contributed by atoms with van der Waals surface area (Å²) in [4.78, 5) is 25.5. The van der Waals surface area contributed by atoms with Crippen LogP contribution in [-0.4, -0.2) is 52.4 Å². The van der Waals surface area contributed by atoms with Gasteiger partial charge in [-0.25, -0.2) is 22.0 Å². The summed E-state index contributed by atoms with van der Waals surface area (Å²) < 4.78 is 62.0. The lowest BCUT2D eigenvalue weighted by molar-refractivity contribution is -0.144. The first-order chi connectivity index (χ1) is 17.0. The molecule has 2 aromatic carbocycles. The molecule has 0 spiro atoms. The molecular weight excluding hydrogens is 494 g/mol. The summed E-state index contributed by atoms with van der Waals surface area (Å²) in [5.74, 6) is -3.91. The Bertz CT molecular complexity index is 1210. The van der Waals surface area contributed by atoms with E-state index in [0.717, 1.165) is 18.4 Å². The number of benzene rings is 2. The summed E-state index contributed by atoms with van der Waals surface area (Å²) in [6, 6.07) is 7.41. The fourth-order valence-electron chi connectivity index (χ4n) is 3.35. The van der Waals surface area contributed by atoms with E-state index in [1.54, 1.807) is 6.92 Å². The van der Waals surface area contributed by atoms with Crippen LogP contribution in [0.4, 0.5) is 8.78 Å². The summed E-state index contributed by atoms with van der Waals surface area (Å²) in [7, 11) is -3.51. The monoisotopic (exact) mass is 524 g/mol. The first-order valence-electron chi connectivity index (χ1n) is 11.3. The van der Waals surface area contributed by atoms with Crippen molar-refractivity contribution in [1.29, 1.82) is 0 Å². The predicted octanol–water partition coefficient (Wildman–Crippen LogP) is 2.84. The third-order valence-corrected chi connectivity index (χ3v) is 6.38. The number of carbonyl (C=O) groups is 2. The van der Waals surface area contributed by atoms with Crippen molar-refractivity contribution < 1.29 is 36.3 Å². The van der Waals surface area contributed by atoms with E-state index >= 15 is 0 Å². The first-order valence-corrected chi connectivity index (χ1v) is 13.2. The van der Waals surface area contributed by atoms with E-state index in [1.807, 2.05) is 0 Å². The maximum absolute atomic E-state index is 14.1. The van der Waals surface area contributed by atoms with Gasteiger partial charge in [-0.3, -0.25) is 4.79 Å². The van der Waals surface area contributed by atoms with Crippen molar-refractivity contribution in [2.75, 3.05) is 26.0 Å². The fraction of sp³-hybridized carbons (Fsp3) is 0.360. The Morgan fingerprint density at radius 1 is 0.972 bits per heavy atom. The zero-order valence-electron chi connectivity index (χ0n) is 20.1. The Morgan fingerprint density at radius 2 is 1.61 bits per heavy atom. The van der Waals surface area contributed by atoms with Crippen LogP contribution in [0.3, 0.4) is 0 Å². The topological polar surface area (TPSA) is 139 Å². The highest BCUT2D eigenvalue weighted by Gasteiger charge is 2.24. The number of ether oxygens (including phenoxy) is 2. The van der Waals surface area contributed by atoms with Crippen molar-refractivity contribution in [3.05, 3.63) is 65.2 Å². The van der Waals surface area contributed by atoms with Crippen LogP contribution >= 0.6 is 0 Å². The number of carbonyl (C=O) groups excluding carboxylic acids is 2. The lowest BCUT2D eigenvalue weighted by atomic mass is 9.94. The second-order valence-corrected chi connectivity index (χ2v) is 10.0. The van der Waals surface area contributed by atoms with Crippen LogP contribution in [0.1, 0.15) is 37.3 Å². The van der Waals surface area contributed by atoms with Crippen molar-refractivity contribution in [2.24, 2.45) is 11.5 Å². The highest BCUT2D eigenvalue weighted by Crippen LogP contribution is 2.30. The van der Waals surface area contributed by atoms with Crippen LogP contribution in [0.5, 0.6) is 0 Å². The Labute approximate surface area is 209 Å². The summed E-state index contributed by atoms with van der Waals surface area (Å²) >= 11 is 0. The van der Waals surface area contributed by atoms with E-state index in [4.69, 9.17) is 20.9 Å². The molecule has 1 atom stereocenters. The van der Waals surface area contributed by atoms with E-state index in [-0.39, 0.29) is 28.2 Å². The number of esters is 2. The van der Waals surface area contributed by atoms with Crippen molar-refractivity contribution in [1.82, 2.24) is 0 Å². The van der Waals surface area contributed by atoms with Crippen molar-refractivity contribution >= 4 is 32.9 Å². The third-order valence-electron chi connectivity index (χ3n) is 5.25. The van der Waals surface area contributed by atoms with E-state index in [1.165, 1.54) is 30.3 Å². The van der Waals surface area contributed by atoms with Crippen LogP contribution in [-0.2, 0) is 28.9 Å². The summed E-state index contributed by atoms with van der Waals surface area (Å²) in [5, 5.41) is 0. The summed E-state index contributed by atoms with van der Waals surface area (Å²) in [5.41, 5.74) is 11.6. The SMILES string of the molecule is CCOC(=O)/C(=C(\COC(=O)C(N)CCCCN)c1ccc(S(C)(=O)=O)cc1)c1ccc(F)c(F)c1. The van der Waals surface area contributed by atoms with E-state index in [9.17, 15) is 26.8 Å². The molecule has 0 aliphatic heterocycles. The van der Waals surface area contributed by atoms with Gasteiger partial charge in [-0.1, -0.05) is 24.6 Å². The molecule has 1 unspecified atom stereocenters. The van der Waals surface area contributed by atoms with Crippen LogP contribution in [0.25, 0.3) is 11.1 Å². The van der Waals surface area contributed by atoms with Crippen LogP contribution < -0.4 is 11.5 Å². The second-order valence-electron chi connectivity index (χ2n) is 8.00. The average Bonchev–Trinajstić information content (AvgIpc) is 2.83. The number of hydrogen-bond acceptors (Lipinski definition) is 8. The third kappa shape index (κ3) is 7.94. The first kappa shape index (κ1) is 29.1. The normalized spacial score (nSPS) is 13.1. The average molecular weight is 525 g/mol. The van der Waals surface area contributed by atoms with Gasteiger partial charge in [0.2, 0.25) is 0 Å². The molecule has 0 aliphatic carbocycles. The van der Waals surface area contributed by atoms with Gasteiger partial charge in [-0.15, -0.1) is 0 Å². The predicted molar refractivity (Wildman–Crippen MR) is 131 cm³/mol. The Kier molecular flexibility index (Phi) is 10.7. The minimum absolute atomic E-state index is 0.0158. The van der Waals surface area contributed by atoms with Gasteiger partial charge in [0.15, 0.2) is 21.5 Å². The maximum Gasteiger partial charge on any atom is 0.339 e. The van der Waals surface area contributed by atoms with Gasteiger partial charge < -0.3 is 20.9 Å². The molecule has 0 bridgehead atoms. The molecule has 11 heteroatoms. The largest absolute Gasteiger partial charge is 0.462 e. The van der Waals surface area contributed by atoms with Crippen molar-refractivity contribution in [3.63, 3.8) is 0 Å². The Hall–Kier alpha value is -3.15. The fourth-order valence-corrected chi connectivity index (χ4v) is 3.98. The van der Waals surface area contributed by atoms with E-state index in [2.05, 4.69) is 0 Å². The van der Waals surface area contributed by atoms with Gasteiger partial charge in [-0.05, 0) is 61.7 Å². The quantitative estimate of drug-likeness (QED) is 0.187. The standard InChI is InChI=1S/C25H30F2N2O6S/c1-3-34-25(31)23(17-9-12-20(26)21(27)14-17)19(15-35-24(30)22(29)6-4-5-13-28)16-7-10-18(11-8-16)36(2,32)33/h7-12,14,22H,3-6,13,15,28-29H2,1-2H3/b23-19+. The second kappa shape index (κ2) is 13.2. The number of rotatable bonds is 12. The molecule has 196 valence electrons. The molecule has 2 aromatic rings. The molecule has 0 saturated carbocycles. The van der Waals surface area contributed by atoms with Gasteiger partial charge in [0, 0.05) is 11.8 Å². The summed E-state index contributed by atoms with van der Waals surface area (Å²) in [6.07, 6.45) is 2.68. The van der Waals surface area contributed by atoms with E-state index < -0.39 is 46.1 Å². The molecule has 8 nitrogen and oxygen atoms in total. The van der Waals surface area contributed by atoms with Crippen molar-refractivity contribution in [2.45, 2.75) is 37.1 Å². The number of sulfone groups is 1. The molecule has 36 heavy (non-hydrogen) atoms. The molecule has 0 heterocycles. The molecule has 0 saturated heterocycles. The smallest absolute Gasteiger partial charge is 0.339 e. The molecular formula is C25H30F2N2O6S. The molecule has 0 fully saturated rings. The number of nitrogens with two attached hydrogens (primary N) is 2. The zero-order chi connectivity index (χ0) is 26.9. The molecule has 2 rings (SSSR count). The number of hydrogen-bond donors (Lipinski definition) is 2. The Balaban J connectivity index is 2.60. The van der Waals surface area contributed by atoms with Crippen molar-refractivity contribution in [3.8, 4) is 0 Å². The minimum atomic E-state index is -3.51. The highest BCUT2D eigenvalue weighted by molar-refractivity contribution is 7.90. The number of unbranched alkanes of at least 4 members (excludes halogenated alkanes) is 1. The number of halogens is 2. The Morgan fingerprint density at radius 3 is 2.17 bits per heavy atom. The van der Waals surface area contributed by atoms with Gasteiger partial charge in [0.25, 0.3) is 0 Å². The lowest BCUT2D eigenvalue weighted by Gasteiger charge is -2.18. The van der Waals surface area contributed by atoms with E-state index in [0.29, 0.717) is 31.4 Å². The summed E-state index contributed by atoms with van der Waals surface area (Å²) in [6.45, 7) is 1.55. The van der Waals surface area contributed by atoms with Gasteiger partial charge in [0.1, 0.15) is 12.6 Å². The maximum atomic E-state index is 14.1. The molecule has 0 radical (unpaired) electrons. The molecule has 0 aromatic heterocycles. The van der Waals surface area contributed by atoms with Gasteiger partial charge in [-0.2, -0.15) is 0 Å². The molecule has 0 amide bonds.